The van der Waals surface area contributed by atoms with Crippen molar-refractivity contribution in [2.24, 2.45) is 0 Å². The molecule has 0 saturated heterocycles. The number of carbonyl (C=O) groups is 1. The topological polar surface area (TPSA) is 76.1 Å². The third-order valence-electron chi connectivity index (χ3n) is 3.56. The van der Waals surface area contributed by atoms with Crippen LogP contribution in [0.5, 0.6) is 5.75 Å². The van der Waals surface area contributed by atoms with E-state index in [4.69, 9.17) is 4.74 Å². The van der Waals surface area contributed by atoms with Crippen molar-refractivity contribution < 1.29 is 9.53 Å². The number of rotatable bonds is 6. The number of ether oxygens (including phenoxy) is 1. The van der Waals surface area contributed by atoms with Crippen LogP contribution in [0.2, 0.25) is 0 Å². The van der Waals surface area contributed by atoms with Crippen molar-refractivity contribution in [1.82, 2.24) is 9.97 Å². The summed E-state index contributed by atoms with van der Waals surface area (Å²) in [7, 11) is 1.60. The van der Waals surface area contributed by atoms with E-state index in [0.29, 0.717) is 17.9 Å². The zero-order valence-electron chi connectivity index (χ0n) is 13.8. The lowest BCUT2D eigenvalue weighted by Gasteiger charge is -2.08. The lowest BCUT2D eigenvalue weighted by Crippen LogP contribution is -2.13. The van der Waals surface area contributed by atoms with Crippen LogP contribution >= 0.6 is 0 Å². The Morgan fingerprint density at radius 1 is 1.04 bits per heavy atom. The van der Waals surface area contributed by atoms with Crippen LogP contribution in [0.25, 0.3) is 0 Å². The van der Waals surface area contributed by atoms with Crippen LogP contribution in [0.4, 0.5) is 11.4 Å². The van der Waals surface area contributed by atoms with Crippen LogP contribution in [0.1, 0.15) is 16.1 Å². The van der Waals surface area contributed by atoms with E-state index in [1.807, 2.05) is 18.2 Å². The number of aromatic nitrogens is 2. The highest BCUT2D eigenvalue weighted by atomic mass is 16.5. The molecule has 0 aliphatic rings. The summed E-state index contributed by atoms with van der Waals surface area (Å²) in [5.74, 6) is 0.476. The maximum absolute atomic E-state index is 12.2. The van der Waals surface area contributed by atoms with Crippen molar-refractivity contribution >= 4 is 17.3 Å². The number of methoxy groups -OCH3 is 1. The number of amides is 1. The maximum atomic E-state index is 12.2. The maximum Gasteiger partial charge on any atom is 0.274 e. The van der Waals surface area contributed by atoms with Crippen molar-refractivity contribution in [3.63, 3.8) is 0 Å². The smallest absolute Gasteiger partial charge is 0.274 e. The van der Waals surface area contributed by atoms with Gasteiger partial charge in [-0.2, -0.15) is 0 Å². The average molecular weight is 334 g/mol. The van der Waals surface area contributed by atoms with Gasteiger partial charge in [-0.05, 0) is 48.0 Å². The van der Waals surface area contributed by atoms with E-state index in [2.05, 4.69) is 20.6 Å². The molecule has 0 atom stereocenters. The van der Waals surface area contributed by atoms with Crippen LogP contribution in [-0.2, 0) is 6.54 Å². The summed E-state index contributed by atoms with van der Waals surface area (Å²) in [6.07, 6.45) is 5.18. The largest absolute Gasteiger partial charge is 0.497 e. The summed E-state index contributed by atoms with van der Waals surface area (Å²) < 4.78 is 5.09. The van der Waals surface area contributed by atoms with Gasteiger partial charge in [0, 0.05) is 24.6 Å². The molecule has 6 heteroatoms. The molecule has 1 amide bonds. The number of hydrogen-bond donors (Lipinski definition) is 2. The number of benzene rings is 1. The highest BCUT2D eigenvalue weighted by molar-refractivity contribution is 6.02. The van der Waals surface area contributed by atoms with Gasteiger partial charge in [0.2, 0.25) is 0 Å². The fraction of sp³-hybridized carbons (Fsp3) is 0.105. The first kappa shape index (κ1) is 16.4. The van der Waals surface area contributed by atoms with E-state index >= 15 is 0 Å². The lowest BCUT2D eigenvalue weighted by atomic mass is 10.2. The molecule has 0 bridgehead atoms. The second-order valence-corrected chi connectivity index (χ2v) is 5.33. The summed E-state index contributed by atoms with van der Waals surface area (Å²) >= 11 is 0. The monoisotopic (exact) mass is 334 g/mol. The predicted molar refractivity (Wildman–Crippen MR) is 96.7 cm³/mol. The predicted octanol–water partition coefficient (Wildman–Crippen LogP) is 3.35. The Morgan fingerprint density at radius 2 is 1.84 bits per heavy atom. The fourth-order valence-electron chi connectivity index (χ4n) is 2.21. The van der Waals surface area contributed by atoms with Crippen molar-refractivity contribution in [3.05, 3.63) is 78.4 Å². The number of anilines is 2. The molecule has 3 rings (SSSR count). The second-order valence-electron chi connectivity index (χ2n) is 5.33. The first-order valence-electron chi connectivity index (χ1n) is 7.79. The zero-order chi connectivity index (χ0) is 17.5. The normalized spacial score (nSPS) is 10.1. The summed E-state index contributed by atoms with van der Waals surface area (Å²) in [5, 5.41) is 6.04. The van der Waals surface area contributed by atoms with Gasteiger partial charge in [0.1, 0.15) is 11.4 Å². The Labute approximate surface area is 145 Å². The summed E-state index contributed by atoms with van der Waals surface area (Å²) in [6.45, 7) is 0.646. The van der Waals surface area contributed by atoms with E-state index in [9.17, 15) is 4.79 Å². The van der Waals surface area contributed by atoms with Gasteiger partial charge in [0.25, 0.3) is 5.91 Å². The van der Waals surface area contributed by atoms with E-state index < -0.39 is 0 Å². The van der Waals surface area contributed by atoms with Crippen LogP contribution < -0.4 is 15.4 Å². The van der Waals surface area contributed by atoms with Gasteiger partial charge in [0.15, 0.2) is 0 Å². The van der Waals surface area contributed by atoms with E-state index in [-0.39, 0.29) is 5.91 Å². The van der Waals surface area contributed by atoms with E-state index in [1.54, 1.807) is 56.0 Å². The number of nitrogens with zero attached hydrogens (tertiary/aromatic N) is 2. The molecular formula is C19H18N4O2. The third-order valence-corrected chi connectivity index (χ3v) is 3.56. The minimum atomic E-state index is -0.260. The molecule has 0 fully saturated rings. The summed E-state index contributed by atoms with van der Waals surface area (Å²) in [6, 6.07) is 14.5. The molecular weight excluding hydrogens is 316 g/mol. The standard InChI is InChI=1S/C19H18N4O2/c1-25-17-7-4-15(5-8-17)23-19(24)18-9-6-16(13-22-18)21-12-14-3-2-10-20-11-14/h2-11,13,21H,12H2,1H3,(H,23,24). The third kappa shape index (κ3) is 4.54. The quantitative estimate of drug-likeness (QED) is 0.723. The van der Waals surface area contributed by atoms with Gasteiger partial charge in [0.05, 0.1) is 19.0 Å². The van der Waals surface area contributed by atoms with Crippen molar-refractivity contribution in [2.75, 3.05) is 17.7 Å². The summed E-state index contributed by atoms with van der Waals surface area (Å²) in [4.78, 5) is 20.5. The number of nitrogens with one attached hydrogen (secondary N) is 2. The Bertz CT molecular complexity index is 818. The zero-order valence-corrected chi connectivity index (χ0v) is 13.8. The first-order valence-corrected chi connectivity index (χ1v) is 7.79. The van der Waals surface area contributed by atoms with Gasteiger partial charge < -0.3 is 15.4 Å². The van der Waals surface area contributed by atoms with Gasteiger partial charge >= 0.3 is 0 Å². The van der Waals surface area contributed by atoms with Gasteiger partial charge in [-0.15, -0.1) is 0 Å². The molecule has 126 valence electrons. The minimum Gasteiger partial charge on any atom is -0.497 e. The van der Waals surface area contributed by atoms with Crippen LogP contribution in [0, 0.1) is 0 Å². The molecule has 0 spiro atoms. The molecule has 2 N–H and O–H groups in total. The summed E-state index contributed by atoms with van der Waals surface area (Å²) in [5.41, 5.74) is 2.95. The molecule has 6 nitrogen and oxygen atoms in total. The molecule has 25 heavy (non-hydrogen) atoms. The van der Waals surface area contributed by atoms with Crippen LogP contribution in [0.15, 0.2) is 67.1 Å². The highest BCUT2D eigenvalue weighted by Crippen LogP contribution is 2.16. The molecule has 2 aromatic heterocycles. The Balaban J connectivity index is 1.58. The molecule has 0 aliphatic heterocycles. The molecule has 2 heterocycles. The molecule has 3 aromatic rings. The average Bonchev–Trinajstić information content (AvgIpc) is 2.68. The van der Waals surface area contributed by atoms with Gasteiger partial charge in [-0.1, -0.05) is 6.07 Å². The SMILES string of the molecule is COc1ccc(NC(=O)c2ccc(NCc3cccnc3)cn2)cc1. The van der Waals surface area contributed by atoms with Gasteiger partial charge in [-0.25, -0.2) is 4.98 Å². The van der Waals surface area contributed by atoms with Gasteiger partial charge in [-0.3, -0.25) is 9.78 Å². The Hall–Kier alpha value is -3.41. The highest BCUT2D eigenvalue weighted by Gasteiger charge is 2.08. The number of pyridine rings is 2. The number of hydrogen-bond acceptors (Lipinski definition) is 5. The molecule has 0 unspecified atom stereocenters. The van der Waals surface area contributed by atoms with Crippen LogP contribution in [-0.4, -0.2) is 23.0 Å². The van der Waals surface area contributed by atoms with Crippen molar-refractivity contribution in [2.45, 2.75) is 6.54 Å². The van der Waals surface area contributed by atoms with E-state index in [1.165, 1.54) is 0 Å². The van der Waals surface area contributed by atoms with Crippen LogP contribution in [0.3, 0.4) is 0 Å². The van der Waals surface area contributed by atoms with Crippen molar-refractivity contribution in [3.8, 4) is 5.75 Å². The molecule has 1 aromatic carbocycles. The first-order chi connectivity index (χ1) is 12.2. The Morgan fingerprint density at radius 3 is 2.48 bits per heavy atom. The molecule has 0 radical (unpaired) electrons. The van der Waals surface area contributed by atoms with Crippen molar-refractivity contribution in [1.29, 1.82) is 0 Å². The number of carbonyl (C=O) groups excluding carboxylic acids is 1. The Kier molecular flexibility index (Phi) is 5.21. The molecule has 0 aliphatic carbocycles. The minimum absolute atomic E-state index is 0.260. The lowest BCUT2D eigenvalue weighted by molar-refractivity contribution is 0.102. The molecule has 0 saturated carbocycles. The second kappa shape index (κ2) is 7.92. The van der Waals surface area contributed by atoms with E-state index in [0.717, 1.165) is 17.0 Å². The fourth-order valence-corrected chi connectivity index (χ4v) is 2.21.